The molecule has 0 bridgehead atoms. The van der Waals surface area contributed by atoms with E-state index in [-0.39, 0.29) is 11.7 Å². The van der Waals surface area contributed by atoms with Crippen molar-refractivity contribution < 1.29 is 19.2 Å². The van der Waals surface area contributed by atoms with Gasteiger partial charge in [0.05, 0.1) is 5.01 Å². The average molecular weight is 311 g/mol. The van der Waals surface area contributed by atoms with Crippen molar-refractivity contribution in [3.05, 3.63) is 28.3 Å². The van der Waals surface area contributed by atoms with E-state index in [0.717, 1.165) is 0 Å². The highest BCUT2D eigenvalue weighted by molar-refractivity contribution is 7.09. The second-order valence-electron chi connectivity index (χ2n) is 3.96. The smallest absolute Gasteiger partial charge is 0.355 e. The Kier molecular flexibility index (Phi) is 5.21. The van der Waals surface area contributed by atoms with Crippen LogP contribution in [0.15, 0.2) is 16.3 Å². The number of carboxylic acid groups (broad SMARTS) is 1. The topological polar surface area (TPSA) is 130 Å². The van der Waals surface area contributed by atoms with Crippen LogP contribution < -0.4 is 10.6 Å². The second kappa shape index (κ2) is 7.33. The van der Waals surface area contributed by atoms with Crippen LogP contribution in [0, 0.1) is 0 Å². The van der Waals surface area contributed by atoms with Gasteiger partial charge < -0.3 is 20.3 Å². The lowest BCUT2D eigenvalue weighted by Crippen LogP contribution is -2.37. The first kappa shape index (κ1) is 14.9. The molecule has 3 N–H and O–H groups in total. The molecule has 112 valence electrons. The summed E-state index contributed by atoms with van der Waals surface area (Å²) in [5.41, 5.74) is 0.0274. The molecule has 2 heterocycles. The number of thiazole rings is 1. The number of amides is 2. The molecule has 0 atom stereocenters. The summed E-state index contributed by atoms with van der Waals surface area (Å²) in [6.07, 6.45) is 2.20. The Morgan fingerprint density at radius 3 is 2.67 bits per heavy atom. The molecule has 0 saturated heterocycles. The van der Waals surface area contributed by atoms with Crippen LogP contribution in [0.1, 0.15) is 21.3 Å². The van der Waals surface area contributed by atoms with E-state index in [1.165, 1.54) is 23.1 Å². The Balaban J connectivity index is 1.61. The molecule has 0 aromatic carbocycles. The molecule has 0 aliphatic heterocycles. The van der Waals surface area contributed by atoms with Gasteiger partial charge in [-0.05, 0) is 0 Å². The minimum absolute atomic E-state index is 0.0274. The van der Waals surface area contributed by atoms with E-state index in [0.29, 0.717) is 36.8 Å². The van der Waals surface area contributed by atoms with Gasteiger partial charge in [0.1, 0.15) is 0 Å². The van der Waals surface area contributed by atoms with Crippen LogP contribution in [0.25, 0.3) is 0 Å². The fourth-order valence-electron chi connectivity index (χ4n) is 1.46. The number of aromatic carboxylic acids is 1. The molecular formula is C11H13N5O4S. The van der Waals surface area contributed by atoms with Gasteiger partial charge in [-0.3, -0.25) is 0 Å². The van der Waals surface area contributed by atoms with Gasteiger partial charge in [-0.2, -0.15) is 4.98 Å². The summed E-state index contributed by atoms with van der Waals surface area (Å²) < 4.78 is 4.57. The Hall–Kier alpha value is -2.49. The zero-order chi connectivity index (χ0) is 15.1. The van der Waals surface area contributed by atoms with Gasteiger partial charge in [-0.15, -0.1) is 11.3 Å². The molecule has 9 nitrogen and oxygen atoms in total. The van der Waals surface area contributed by atoms with E-state index in [4.69, 9.17) is 5.11 Å². The second-order valence-corrected chi connectivity index (χ2v) is 4.90. The number of rotatable bonds is 7. The van der Waals surface area contributed by atoms with E-state index < -0.39 is 5.97 Å². The first-order valence-corrected chi connectivity index (χ1v) is 6.98. The molecule has 0 spiro atoms. The first-order chi connectivity index (χ1) is 10.1. The van der Waals surface area contributed by atoms with Crippen LogP contribution in [-0.4, -0.2) is 45.3 Å². The lowest BCUT2D eigenvalue weighted by atomic mass is 10.4. The first-order valence-electron chi connectivity index (χ1n) is 6.10. The van der Waals surface area contributed by atoms with E-state index in [1.54, 1.807) is 0 Å². The number of nitrogens with zero attached hydrogens (tertiary/aromatic N) is 3. The van der Waals surface area contributed by atoms with Crippen LogP contribution in [0.3, 0.4) is 0 Å². The predicted octanol–water partition coefficient (Wildman–Crippen LogP) is 0.309. The largest absolute Gasteiger partial charge is 0.476 e. The van der Waals surface area contributed by atoms with Crippen molar-refractivity contribution in [3.8, 4) is 0 Å². The van der Waals surface area contributed by atoms with Crippen LogP contribution in [0.2, 0.25) is 0 Å². The van der Waals surface area contributed by atoms with Crippen LogP contribution in [0.5, 0.6) is 0 Å². The highest BCUT2D eigenvalue weighted by Gasteiger charge is 2.08. The summed E-state index contributed by atoms with van der Waals surface area (Å²) in [5.74, 6) is -0.524. The molecule has 10 heteroatoms. The maximum atomic E-state index is 11.5. The van der Waals surface area contributed by atoms with Crippen LogP contribution in [0.4, 0.5) is 4.79 Å². The van der Waals surface area contributed by atoms with E-state index in [9.17, 15) is 9.59 Å². The summed E-state index contributed by atoms with van der Waals surface area (Å²) >= 11 is 1.26. The van der Waals surface area contributed by atoms with Gasteiger partial charge in [0.2, 0.25) is 6.39 Å². The number of aromatic nitrogens is 3. The molecule has 0 aliphatic rings. The minimum Gasteiger partial charge on any atom is -0.476 e. The van der Waals surface area contributed by atoms with Crippen LogP contribution >= 0.6 is 11.3 Å². The average Bonchev–Trinajstić information content (AvgIpc) is 3.09. The van der Waals surface area contributed by atoms with Crippen LogP contribution in [-0.2, 0) is 12.8 Å². The van der Waals surface area contributed by atoms with Gasteiger partial charge in [0, 0.05) is 31.3 Å². The number of hydrogen-bond donors (Lipinski definition) is 3. The Morgan fingerprint density at radius 1 is 1.29 bits per heavy atom. The molecule has 0 fully saturated rings. The van der Waals surface area contributed by atoms with Crippen molar-refractivity contribution in [2.45, 2.75) is 12.8 Å². The van der Waals surface area contributed by atoms with E-state index in [1.807, 2.05) is 0 Å². The Labute approximate surface area is 123 Å². The molecule has 2 rings (SSSR count). The molecule has 0 saturated carbocycles. The molecule has 2 aromatic rings. The predicted molar refractivity (Wildman–Crippen MR) is 72.2 cm³/mol. The highest BCUT2D eigenvalue weighted by atomic mass is 32.1. The fraction of sp³-hybridized carbons (Fsp3) is 0.364. The number of carbonyl (C=O) groups excluding carboxylic acids is 1. The lowest BCUT2D eigenvalue weighted by molar-refractivity contribution is 0.0691. The van der Waals surface area contributed by atoms with Gasteiger partial charge >= 0.3 is 12.0 Å². The van der Waals surface area contributed by atoms with E-state index in [2.05, 4.69) is 30.3 Å². The molecule has 2 amide bonds. The summed E-state index contributed by atoms with van der Waals surface area (Å²) in [6.45, 7) is 0.770. The SMILES string of the molecule is O=C(NCCc1ncon1)NCCc1nc(C(=O)O)cs1. The maximum absolute atomic E-state index is 11.5. The Morgan fingerprint density at radius 2 is 2.05 bits per heavy atom. The Bertz CT molecular complexity index is 598. The van der Waals surface area contributed by atoms with Gasteiger partial charge in [-0.1, -0.05) is 5.16 Å². The van der Waals surface area contributed by atoms with Crippen molar-refractivity contribution in [1.82, 2.24) is 25.8 Å². The van der Waals surface area contributed by atoms with Gasteiger partial charge in [-0.25, -0.2) is 14.6 Å². The third-order valence-corrected chi connectivity index (χ3v) is 3.34. The zero-order valence-electron chi connectivity index (χ0n) is 10.9. The summed E-state index contributed by atoms with van der Waals surface area (Å²) in [7, 11) is 0. The normalized spacial score (nSPS) is 10.3. The fourth-order valence-corrected chi connectivity index (χ4v) is 2.23. The zero-order valence-corrected chi connectivity index (χ0v) is 11.7. The summed E-state index contributed by atoms with van der Waals surface area (Å²) in [4.78, 5) is 29.9. The third-order valence-electron chi connectivity index (χ3n) is 2.44. The molecule has 0 aliphatic carbocycles. The molecule has 2 aromatic heterocycles. The van der Waals surface area contributed by atoms with Gasteiger partial charge in [0.15, 0.2) is 11.5 Å². The number of nitrogens with one attached hydrogen (secondary N) is 2. The van der Waals surface area contributed by atoms with Crippen molar-refractivity contribution in [2.75, 3.05) is 13.1 Å². The number of hydrogen-bond acceptors (Lipinski definition) is 7. The van der Waals surface area contributed by atoms with Crippen molar-refractivity contribution in [1.29, 1.82) is 0 Å². The number of carboxylic acids is 1. The van der Waals surface area contributed by atoms with Crippen molar-refractivity contribution in [2.24, 2.45) is 0 Å². The third kappa shape index (κ3) is 4.84. The molecule has 0 unspecified atom stereocenters. The van der Waals surface area contributed by atoms with Crippen molar-refractivity contribution >= 4 is 23.3 Å². The number of carbonyl (C=O) groups is 2. The monoisotopic (exact) mass is 311 g/mol. The van der Waals surface area contributed by atoms with Crippen molar-refractivity contribution in [3.63, 3.8) is 0 Å². The minimum atomic E-state index is -1.05. The highest BCUT2D eigenvalue weighted by Crippen LogP contribution is 2.09. The van der Waals surface area contributed by atoms with E-state index >= 15 is 0 Å². The standard InChI is InChI=1S/C11H13N5O4S/c17-10(18)7-5-21-9(15-7)2-4-13-11(19)12-3-1-8-14-6-20-16-8/h5-6H,1-4H2,(H,17,18)(H2,12,13,19). The van der Waals surface area contributed by atoms with Gasteiger partial charge in [0.25, 0.3) is 0 Å². The molecular weight excluding hydrogens is 298 g/mol. The lowest BCUT2D eigenvalue weighted by Gasteiger charge is -2.05. The number of urea groups is 1. The summed E-state index contributed by atoms with van der Waals surface area (Å²) in [6, 6.07) is -0.312. The quantitative estimate of drug-likeness (QED) is 0.670. The summed E-state index contributed by atoms with van der Waals surface area (Å²) in [5, 5.41) is 19.8. The maximum Gasteiger partial charge on any atom is 0.355 e. The molecule has 21 heavy (non-hydrogen) atoms. The molecule has 0 radical (unpaired) electrons.